The molecule has 3 aromatic rings. The average Bonchev–Trinajstić information content (AvgIpc) is 3.16. The number of hydrogen-bond acceptors (Lipinski definition) is 3. The van der Waals surface area contributed by atoms with Crippen LogP contribution in [0.25, 0.3) is 0 Å². The molecular weight excluding hydrogens is 481 g/mol. The monoisotopic (exact) mass is 501 g/mol. The molecule has 0 fully saturated rings. The Hall–Kier alpha value is -4.32. The lowest BCUT2D eigenvalue weighted by Gasteiger charge is -2.25. The molecule has 0 aromatic heterocycles. The SMILES string of the molecule is CC#CO.O=C1C(Cc2ccc(OC(F)(F)F)cc2)=CC(c2cccc(F)c2)N1c1ccc(F)cc1. The van der Waals surface area contributed by atoms with Crippen molar-refractivity contribution in [2.45, 2.75) is 25.7 Å². The highest BCUT2D eigenvalue weighted by Gasteiger charge is 2.35. The van der Waals surface area contributed by atoms with E-state index >= 15 is 0 Å². The van der Waals surface area contributed by atoms with Crippen LogP contribution in [0.3, 0.4) is 0 Å². The zero-order valence-electron chi connectivity index (χ0n) is 18.9. The third-order valence-corrected chi connectivity index (χ3v) is 5.09. The first kappa shape index (κ1) is 26.3. The van der Waals surface area contributed by atoms with Crippen molar-refractivity contribution in [3.05, 3.63) is 107 Å². The molecule has 1 atom stereocenters. The Kier molecular flexibility index (Phi) is 8.33. The first-order chi connectivity index (χ1) is 17.1. The Labute approximate surface area is 204 Å². The van der Waals surface area contributed by atoms with Crippen LogP contribution >= 0.6 is 0 Å². The fraction of sp³-hybridized carbons (Fsp3) is 0.148. The molecule has 1 aliphatic rings. The smallest absolute Gasteiger partial charge is 0.462 e. The summed E-state index contributed by atoms with van der Waals surface area (Å²) in [7, 11) is 0. The van der Waals surface area contributed by atoms with Crippen molar-refractivity contribution in [1.29, 1.82) is 0 Å². The Morgan fingerprint density at radius 1 is 0.972 bits per heavy atom. The van der Waals surface area contributed by atoms with E-state index in [1.165, 1.54) is 71.6 Å². The van der Waals surface area contributed by atoms with Gasteiger partial charge in [-0.15, -0.1) is 13.2 Å². The molecule has 36 heavy (non-hydrogen) atoms. The minimum atomic E-state index is -4.79. The van der Waals surface area contributed by atoms with E-state index in [2.05, 4.69) is 10.7 Å². The zero-order valence-corrected chi connectivity index (χ0v) is 18.9. The molecule has 0 radical (unpaired) electrons. The number of anilines is 1. The van der Waals surface area contributed by atoms with Crippen molar-refractivity contribution in [2.75, 3.05) is 4.90 Å². The summed E-state index contributed by atoms with van der Waals surface area (Å²) in [5.41, 5.74) is 1.95. The van der Waals surface area contributed by atoms with Crippen LogP contribution in [0.1, 0.15) is 24.1 Å². The first-order valence-electron chi connectivity index (χ1n) is 10.6. The van der Waals surface area contributed by atoms with E-state index in [1.807, 2.05) is 0 Å². The average molecular weight is 501 g/mol. The summed E-state index contributed by atoms with van der Waals surface area (Å²) in [5, 5.41) is 7.51. The standard InChI is InChI=1S/C24H16F5NO2.C3H4O/c25-18-6-8-20(9-7-18)30-22(16-2-1-3-19(26)13-16)14-17(23(30)31)12-15-4-10-21(11-5-15)32-24(27,28)29;1-2-3-4/h1-11,13-14,22H,12H2;4H,1H3. The van der Waals surface area contributed by atoms with E-state index < -0.39 is 24.0 Å². The maximum Gasteiger partial charge on any atom is 0.573 e. The molecule has 0 bridgehead atoms. The molecule has 3 aromatic carbocycles. The predicted octanol–water partition coefficient (Wildman–Crippen LogP) is 6.46. The van der Waals surface area contributed by atoms with Gasteiger partial charge in [-0.1, -0.05) is 30.2 Å². The Bertz CT molecular complexity index is 1280. The number of carbonyl (C=O) groups excluding carboxylic acids is 1. The van der Waals surface area contributed by atoms with Gasteiger partial charge in [-0.2, -0.15) is 0 Å². The first-order valence-corrected chi connectivity index (χ1v) is 10.6. The molecule has 1 N–H and O–H groups in total. The minimum absolute atomic E-state index is 0.147. The van der Waals surface area contributed by atoms with Crippen LogP contribution < -0.4 is 9.64 Å². The normalized spacial score (nSPS) is 14.8. The molecule has 0 saturated heterocycles. The number of nitrogens with zero attached hydrogens (tertiary/aromatic N) is 1. The topological polar surface area (TPSA) is 49.8 Å². The minimum Gasteiger partial charge on any atom is -0.462 e. The van der Waals surface area contributed by atoms with Gasteiger partial charge in [-0.3, -0.25) is 9.69 Å². The quantitative estimate of drug-likeness (QED) is 0.323. The fourth-order valence-corrected chi connectivity index (χ4v) is 3.60. The van der Waals surface area contributed by atoms with E-state index in [-0.39, 0.29) is 18.1 Å². The highest BCUT2D eigenvalue weighted by Crippen LogP contribution is 2.37. The zero-order chi connectivity index (χ0) is 26.3. The second kappa shape index (κ2) is 11.4. The van der Waals surface area contributed by atoms with Gasteiger partial charge in [0, 0.05) is 24.6 Å². The van der Waals surface area contributed by atoms with Gasteiger partial charge in [-0.25, -0.2) is 8.78 Å². The number of rotatable bonds is 5. The number of halogens is 5. The van der Waals surface area contributed by atoms with E-state index in [1.54, 1.807) is 25.2 Å². The van der Waals surface area contributed by atoms with Crippen LogP contribution in [0.5, 0.6) is 5.75 Å². The molecule has 0 saturated carbocycles. The van der Waals surface area contributed by atoms with E-state index in [0.29, 0.717) is 22.4 Å². The van der Waals surface area contributed by atoms with Crippen LogP contribution in [0.4, 0.5) is 27.6 Å². The number of amides is 1. The Morgan fingerprint density at radius 3 is 2.17 bits per heavy atom. The van der Waals surface area contributed by atoms with Crippen molar-refractivity contribution >= 4 is 11.6 Å². The number of alkyl halides is 3. The summed E-state index contributed by atoms with van der Waals surface area (Å²) < 4.78 is 68.1. The van der Waals surface area contributed by atoms with Gasteiger partial charge in [-0.05, 0) is 65.7 Å². The molecule has 1 amide bonds. The molecule has 1 heterocycles. The molecule has 0 spiro atoms. The number of hydrogen-bond donors (Lipinski definition) is 1. The maximum atomic E-state index is 13.8. The van der Waals surface area contributed by atoms with Crippen molar-refractivity contribution < 1.29 is 36.6 Å². The second-order valence-corrected chi connectivity index (χ2v) is 7.57. The van der Waals surface area contributed by atoms with Crippen LogP contribution in [0, 0.1) is 23.7 Å². The molecule has 186 valence electrons. The van der Waals surface area contributed by atoms with Crippen molar-refractivity contribution in [1.82, 2.24) is 0 Å². The number of carbonyl (C=O) groups is 1. The van der Waals surface area contributed by atoms with Gasteiger partial charge in [0.05, 0.1) is 6.04 Å². The van der Waals surface area contributed by atoms with E-state index in [9.17, 15) is 26.7 Å². The highest BCUT2D eigenvalue weighted by atomic mass is 19.4. The lowest BCUT2D eigenvalue weighted by atomic mass is 10.0. The lowest BCUT2D eigenvalue weighted by Crippen LogP contribution is -2.30. The highest BCUT2D eigenvalue weighted by molar-refractivity contribution is 6.09. The van der Waals surface area contributed by atoms with Crippen LogP contribution in [0.2, 0.25) is 0 Å². The van der Waals surface area contributed by atoms with Gasteiger partial charge in [0.15, 0.2) is 0 Å². The number of ether oxygens (including phenoxy) is 1. The molecule has 9 heteroatoms. The predicted molar refractivity (Wildman–Crippen MR) is 123 cm³/mol. The largest absolute Gasteiger partial charge is 0.573 e. The number of aliphatic hydroxyl groups excluding tert-OH is 1. The Balaban J connectivity index is 0.000000840. The summed E-state index contributed by atoms with van der Waals surface area (Å²) in [6.45, 7) is 1.57. The van der Waals surface area contributed by atoms with Gasteiger partial charge in [0.1, 0.15) is 23.5 Å². The molecule has 4 nitrogen and oxygen atoms in total. The number of benzene rings is 3. The maximum absolute atomic E-state index is 13.8. The van der Waals surface area contributed by atoms with E-state index in [0.717, 1.165) is 0 Å². The summed E-state index contributed by atoms with van der Waals surface area (Å²) in [6, 6.07) is 15.8. The second-order valence-electron chi connectivity index (χ2n) is 7.57. The summed E-state index contributed by atoms with van der Waals surface area (Å²) >= 11 is 0. The molecule has 1 aliphatic heterocycles. The summed E-state index contributed by atoms with van der Waals surface area (Å²) in [4.78, 5) is 14.7. The van der Waals surface area contributed by atoms with E-state index in [4.69, 9.17) is 5.11 Å². The van der Waals surface area contributed by atoms with Crippen molar-refractivity contribution in [2.24, 2.45) is 0 Å². The van der Waals surface area contributed by atoms with Gasteiger partial charge in [0.2, 0.25) is 0 Å². The molecule has 1 unspecified atom stereocenters. The Morgan fingerprint density at radius 2 is 1.61 bits per heavy atom. The van der Waals surface area contributed by atoms with Crippen LogP contribution in [-0.2, 0) is 11.2 Å². The number of aliphatic hydroxyl groups is 1. The third-order valence-electron chi connectivity index (χ3n) is 5.09. The summed E-state index contributed by atoms with van der Waals surface area (Å²) in [5.74, 6) is 0.591. The van der Waals surface area contributed by atoms with Crippen molar-refractivity contribution in [3.63, 3.8) is 0 Å². The van der Waals surface area contributed by atoms with Gasteiger partial charge < -0.3 is 9.84 Å². The fourth-order valence-electron chi connectivity index (χ4n) is 3.60. The van der Waals surface area contributed by atoms with Crippen LogP contribution in [0.15, 0.2) is 84.4 Å². The summed E-state index contributed by atoms with van der Waals surface area (Å²) in [6.07, 6.45) is -1.28. The molecule has 0 aliphatic carbocycles. The van der Waals surface area contributed by atoms with Gasteiger partial charge in [0.25, 0.3) is 5.91 Å². The van der Waals surface area contributed by atoms with Crippen molar-refractivity contribution in [3.8, 4) is 17.8 Å². The molecular formula is C27H20F5NO3. The molecule has 4 rings (SSSR count). The van der Waals surface area contributed by atoms with Gasteiger partial charge >= 0.3 is 6.36 Å². The third kappa shape index (κ3) is 6.85. The van der Waals surface area contributed by atoms with Crippen LogP contribution in [-0.4, -0.2) is 17.4 Å². The lowest BCUT2D eigenvalue weighted by molar-refractivity contribution is -0.274.